The lowest BCUT2D eigenvalue weighted by Crippen LogP contribution is -1.99. The molecule has 3 aromatic rings. The Morgan fingerprint density at radius 2 is 1.66 bits per heavy atom. The van der Waals surface area contributed by atoms with Crippen LogP contribution in [0, 0.1) is 28.5 Å². The maximum atomic E-state index is 14.0. The predicted molar refractivity (Wildman–Crippen MR) is 112 cm³/mol. The standard InChI is InChI=1S/C23H13Cl2FN2O/c24-20-10-15(9-18(13-28)19-7-3-4-8-22(19)26)11-21(25)23(20)29-14-17-6-2-1-5-16(17)12-27/h1-11H,14H2. The molecule has 3 rings (SSSR count). The van der Waals surface area contributed by atoms with Crippen LogP contribution in [-0.2, 0) is 6.61 Å². The first-order valence-electron chi connectivity index (χ1n) is 8.50. The van der Waals surface area contributed by atoms with E-state index >= 15 is 0 Å². The Bertz CT molecular complexity index is 1150. The summed E-state index contributed by atoms with van der Waals surface area (Å²) in [6, 6.07) is 20.3. The van der Waals surface area contributed by atoms with Crippen LogP contribution in [0.1, 0.15) is 22.3 Å². The van der Waals surface area contributed by atoms with Crippen LogP contribution in [0.2, 0.25) is 10.0 Å². The molecule has 142 valence electrons. The van der Waals surface area contributed by atoms with Crippen LogP contribution in [0.15, 0.2) is 60.7 Å². The van der Waals surface area contributed by atoms with Crippen molar-refractivity contribution in [1.29, 1.82) is 10.5 Å². The summed E-state index contributed by atoms with van der Waals surface area (Å²) in [6.07, 6.45) is 1.50. The van der Waals surface area contributed by atoms with E-state index < -0.39 is 5.82 Å². The fourth-order valence-electron chi connectivity index (χ4n) is 2.72. The van der Waals surface area contributed by atoms with Gasteiger partial charge in [-0.1, -0.05) is 59.6 Å². The minimum absolute atomic E-state index is 0.122. The van der Waals surface area contributed by atoms with Gasteiger partial charge in [0, 0.05) is 11.1 Å². The zero-order valence-corrected chi connectivity index (χ0v) is 16.5. The first-order valence-corrected chi connectivity index (χ1v) is 9.25. The van der Waals surface area contributed by atoms with E-state index in [2.05, 4.69) is 6.07 Å². The molecule has 29 heavy (non-hydrogen) atoms. The molecule has 0 amide bonds. The van der Waals surface area contributed by atoms with Crippen molar-refractivity contribution in [1.82, 2.24) is 0 Å². The second kappa shape index (κ2) is 9.26. The van der Waals surface area contributed by atoms with Gasteiger partial charge >= 0.3 is 0 Å². The van der Waals surface area contributed by atoms with Gasteiger partial charge in [0.1, 0.15) is 12.4 Å². The number of nitriles is 2. The molecule has 0 aliphatic carbocycles. The number of rotatable bonds is 5. The highest BCUT2D eigenvalue weighted by molar-refractivity contribution is 6.37. The Hall–Kier alpha value is -3.31. The van der Waals surface area contributed by atoms with Crippen molar-refractivity contribution in [2.75, 3.05) is 0 Å². The van der Waals surface area contributed by atoms with E-state index in [4.69, 9.17) is 33.2 Å². The Labute approximate surface area is 177 Å². The average molecular weight is 423 g/mol. The van der Waals surface area contributed by atoms with Gasteiger partial charge in [-0.2, -0.15) is 10.5 Å². The van der Waals surface area contributed by atoms with Gasteiger partial charge in [0.15, 0.2) is 5.75 Å². The molecular weight excluding hydrogens is 410 g/mol. The highest BCUT2D eigenvalue weighted by Gasteiger charge is 2.12. The highest BCUT2D eigenvalue weighted by atomic mass is 35.5. The average Bonchev–Trinajstić information content (AvgIpc) is 2.72. The normalized spacial score (nSPS) is 10.9. The molecule has 0 aliphatic rings. The van der Waals surface area contributed by atoms with Crippen molar-refractivity contribution in [3.63, 3.8) is 0 Å². The van der Waals surface area contributed by atoms with Gasteiger partial charge in [0.05, 0.1) is 33.3 Å². The van der Waals surface area contributed by atoms with E-state index in [0.29, 0.717) is 16.7 Å². The van der Waals surface area contributed by atoms with E-state index in [9.17, 15) is 9.65 Å². The highest BCUT2D eigenvalue weighted by Crippen LogP contribution is 2.36. The lowest BCUT2D eigenvalue weighted by molar-refractivity contribution is 0.306. The lowest BCUT2D eigenvalue weighted by Gasteiger charge is -2.12. The minimum atomic E-state index is -0.492. The van der Waals surface area contributed by atoms with E-state index in [1.807, 2.05) is 12.1 Å². The van der Waals surface area contributed by atoms with Crippen molar-refractivity contribution in [3.8, 4) is 17.9 Å². The molecule has 3 nitrogen and oxygen atoms in total. The summed E-state index contributed by atoms with van der Waals surface area (Å²) >= 11 is 12.6. The molecule has 0 heterocycles. The van der Waals surface area contributed by atoms with Gasteiger partial charge in [-0.3, -0.25) is 0 Å². The van der Waals surface area contributed by atoms with Crippen molar-refractivity contribution in [2.24, 2.45) is 0 Å². The number of hydrogen-bond acceptors (Lipinski definition) is 3. The van der Waals surface area contributed by atoms with Gasteiger partial charge in [-0.25, -0.2) is 4.39 Å². The zero-order valence-electron chi connectivity index (χ0n) is 15.0. The summed E-state index contributed by atoms with van der Waals surface area (Å²) in [4.78, 5) is 0. The number of hydrogen-bond donors (Lipinski definition) is 0. The second-order valence-corrected chi connectivity index (χ2v) is 6.84. The van der Waals surface area contributed by atoms with Crippen LogP contribution in [0.3, 0.4) is 0 Å². The van der Waals surface area contributed by atoms with Crippen LogP contribution in [0.4, 0.5) is 4.39 Å². The van der Waals surface area contributed by atoms with Crippen LogP contribution in [-0.4, -0.2) is 0 Å². The number of halogens is 3. The summed E-state index contributed by atoms with van der Waals surface area (Å²) in [5.74, 6) is -0.226. The number of nitrogens with zero attached hydrogens (tertiary/aromatic N) is 2. The topological polar surface area (TPSA) is 56.8 Å². The number of allylic oxidation sites excluding steroid dienone is 1. The van der Waals surface area contributed by atoms with Crippen LogP contribution in [0.25, 0.3) is 11.6 Å². The van der Waals surface area contributed by atoms with E-state index in [-0.39, 0.29) is 33.5 Å². The lowest BCUT2D eigenvalue weighted by atomic mass is 10.0. The summed E-state index contributed by atoms with van der Waals surface area (Å²) in [6.45, 7) is 0.122. The van der Waals surface area contributed by atoms with Gasteiger partial charge < -0.3 is 4.74 Å². The maximum Gasteiger partial charge on any atom is 0.157 e. The first kappa shape index (κ1) is 20.4. The van der Waals surface area contributed by atoms with Crippen LogP contribution >= 0.6 is 23.2 Å². The second-order valence-electron chi connectivity index (χ2n) is 6.02. The minimum Gasteiger partial charge on any atom is -0.486 e. The summed E-state index contributed by atoms with van der Waals surface area (Å²) < 4.78 is 19.7. The molecule has 0 saturated heterocycles. The molecule has 0 fully saturated rings. The fraction of sp³-hybridized carbons (Fsp3) is 0.0435. The predicted octanol–water partition coefficient (Wildman–Crippen LogP) is 6.65. The van der Waals surface area contributed by atoms with Crippen molar-refractivity contribution in [3.05, 3.63) is 98.8 Å². The molecule has 0 aliphatic heterocycles. The third-order valence-corrected chi connectivity index (χ3v) is 4.69. The summed E-state index contributed by atoms with van der Waals surface area (Å²) in [5, 5.41) is 19.1. The molecule has 0 radical (unpaired) electrons. The van der Waals surface area contributed by atoms with E-state index in [1.165, 1.54) is 18.2 Å². The van der Waals surface area contributed by atoms with Crippen molar-refractivity contribution >= 4 is 34.9 Å². The van der Waals surface area contributed by atoms with Crippen molar-refractivity contribution < 1.29 is 9.13 Å². The Balaban J connectivity index is 1.89. The van der Waals surface area contributed by atoms with Gasteiger partial charge in [-0.05, 0) is 35.9 Å². The molecule has 0 aromatic heterocycles. The number of benzene rings is 3. The summed E-state index contributed by atoms with van der Waals surface area (Å²) in [5.41, 5.74) is 2.08. The van der Waals surface area contributed by atoms with Gasteiger partial charge in [0.2, 0.25) is 0 Å². The van der Waals surface area contributed by atoms with Crippen LogP contribution < -0.4 is 4.74 Å². The third-order valence-electron chi connectivity index (χ3n) is 4.13. The Morgan fingerprint density at radius 1 is 1.00 bits per heavy atom. The largest absolute Gasteiger partial charge is 0.486 e. The smallest absolute Gasteiger partial charge is 0.157 e. The maximum absolute atomic E-state index is 14.0. The Morgan fingerprint density at radius 3 is 2.31 bits per heavy atom. The van der Waals surface area contributed by atoms with Crippen LogP contribution in [0.5, 0.6) is 5.75 Å². The molecule has 6 heteroatoms. The molecule has 0 unspecified atom stereocenters. The molecule has 0 N–H and O–H groups in total. The fourth-order valence-corrected chi connectivity index (χ4v) is 3.34. The van der Waals surface area contributed by atoms with E-state index in [1.54, 1.807) is 42.5 Å². The quantitative estimate of drug-likeness (QED) is 0.341. The van der Waals surface area contributed by atoms with E-state index in [0.717, 1.165) is 0 Å². The molecule has 0 saturated carbocycles. The zero-order chi connectivity index (χ0) is 20.8. The SMILES string of the molecule is N#CC(=Cc1cc(Cl)c(OCc2ccccc2C#N)c(Cl)c1)c1ccccc1F. The van der Waals surface area contributed by atoms with Gasteiger partial charge in [0.25, 0.3) is 0 Å². The third kappa shape index (κ3) is 4.76. The number of ether oxygens (including phenoxy) is 1. The summed E-state index contributed by atoms with van der Waals surface area (Å²) in [7, 11) is 0. The molecular formula is C23H13Cl2FN2O. The molecule has 0 spiro atoms. The van der Waals surface area contributed by atoms with Gasteiger partial charge in [-0.15, -0.1) is 0 Å². The molecule has 0 atom stereocenters. The Kier molecular flexibility index (Phi) is 6.52. The molecule has 3 aromatic carbocycles. The first-order chi connectivity index (χ1) is 14.0. The monoisotopic (exact) mass is 422 g/mol. The molecule has 0 bridgehead atoms. The van der Waals surface area contributed by atoms with Crippen molar-refractivity contribution in [2.45, 2.75) is 6.61 Å².